The largest absolute Gasteiger partial charge is 0.372 e. The Hall–Kier alpha value is -2.78. The number of aromatic amines is 1. The van der Waals surface area contributed by atoms with Crippen LogP contribution >= 0.6 is 0 Å². The molecule has 1 atom stereocenters. The van der Waals surface area contributed by atoms with Crippen molar-refractivity contribution in [2.24, 2.45) is 5.73 Å². The third-order valence-corrected chi connectivity index (χ3v) is 6.23. The average molecular weight is 400 g/mol. The van der Waals surface area contributed by atoms with Gasteiger partial charge in [-0.25, -0.2) is 0 Å². The molecule has 3 heteroatoms. The number of para-hydroxylation sites is 1. The molecule has 0 radical (unpaired) electrons. The third-order valence-electron chi connectivity index (χ3n) is 6.23. The highest BCUT2D eigenvalue weighted by atomic mass is 15.1. The topological polar surface area (TPSA) is 45.1 Å². The molecule has 0 bridgehead atoms. The second kappa shape index (κ2) is 9.82. The van der Waals surface area contributed by atoms with Crippen LogP contribution in [0.4, 0.5) is 0 Å². The zero-order chi connectivity index (χ0) is 20.8. The van der Waals surface area contributed by atoms with E-state index in [1.54, 1.807) is 0 Å². The number of hydrogen-bond donors (Lipinski definition) is 2. The van der Waals surface area contributed by atoms with E-state index >= 15 is 0 Å². The minimum atomic E-state index is 0.270. The number of aromatic nitrogens is 1. The summed E-state index contributed by atoms with van der Waals surface area (Å²) in [5.74, 6) is 0.270. The summed E-state index contributed by atoms with van der Waals surface area (Å²) in [6.45, 7) is 5.11. The molecule has 1 unspecified atom stereocenters. The number of hydrogen-bond acceptors (Lipinski definition) is 2. The lowest BCUT2D eigenvalue weighted by Crippen LogP contribution is -2.28. The predicted molar refractivity (Wildman–Crippen MR) is 128 cm³/mol. The second-order valence-electron chi connectivity index (χ2n) is 8.16. The number of H-pyrrole nitrogens is 1. The van der Waals surface area contributed by atoms with Gasteiger partial charge in [-0.05, 0) is 62.4 Å². The van der Waals surface area contributed by atoms with Crippen molar-refractivity contribution in [2.75, 3.05) is 19.6 Å². The summed E-state index contributed by atoms with van der Waals surface area (Å²) in [5.41, 5.74) is 12.6. The molecular weight excluding hydrogens is 366 g/mol. The number of piperidine rings is 1. The average Bonchev–Trinajstić information content (AvgIpc) is 3.20. The molecule has 1 aromatic heterocycles. The first-order chi connectivity index (χ1) is 14.8. The normalized spacial score (nSPS) is 16.5. The molecular formula is C27H33N3. The van der Waals surface area contributed by atoms with Gasteiger partial charge >= 0.3 is 0 Å². The van der Waals surface area contributed by atoms with E-state index in [9.17, 15) is 0 Å². The fraction of sp³-hybridized carbons (Fsp3) is 0.333. The van der Waals surface area contributed by atoms with Crippen molar-refractivity contribution < 1.29 is 0 Å². The molecule has 2 heterocycles. The molecule has 2 aromatic carbocycles. The van der Waals surface area contributed by atoms with Crippen molar-refractivity contribution in [3.63, 3.8) is 0 Å². The number of rotatable bonds is 7. The van der Waals surface area contributed by atoms with Gasteiger partial charge in [-0.1, -0.05) is 60.7 Å². The first-order valence-corrected chi connectivity index (χ1v) is 11.3. The highest BCUT2D eigenvalue weighted by Crippen LogP contribution is 2.37. The smallest absolute Gasteiger partial charge is 0.0500 e. The minimum Gasteiger partial charge on any atom is -0.372 e. The van der Waals surface area contributed by atoms with Crippen LogP contribution in [0.15, 0.2) is 78.5 Å². The maximum Gasteiger partial charge on any atom is 0.0500 e. The van der Waals surface area contributed by atoms with Crippen molar-refractivity contribution >= 4 is 10.9 Å². The summed E-state index contributed by atoms with van der Waals surface area (Å²) < 4.78 is 0. The van der Waals surface area contributed by atoms with Crippen LogP contribution in [0.3, 0.4) is 0 Å². The van der Waals surface area contributed by atoms with Crippen LogP contribution in [0.5, 0.6) is 0 Å². The molecule has 0 spiro atoms. The summed E-state index contributed by atoms with van der Waals surface area (Å²) >= 11 is 0. The van der Waals surface area contributed by atoms with Gasteiger partial charge in [0.05, 0.1) is 5.69 Å². The van der Waals surface area contributed by atoms with Crippen LogP contribution < -0.4 is 5.73 Å². The summed E-state index contributed by atoms with van der Waals surface area (Å²) in [5, 5.41) is 1.28. The molecule has 4 rings (SSSR count). The molecule has 1 saturated heterocycles. The highest BCUT2D eigenvalue weighted by molar-refractivity contribution is 5.91. The Bertz CT molecular complexity index is 1010. The van der Waals surface area contributed by atoms with Crippen molar-refractivity contribution in [1.29, 1.82) is 0 Å². The van der Waals surface area contributed by atoms with Gasteiger partial charge < -0.3 is 15.6 Å². The second-order valence-corrected chi connectivity index (χ2v) is 8.16. The molecule has 156 valence electrons. The number of nitrogens with two attached hydrogens (primary N) is 1. The predicted octanol–water partition coefficient (Wildman–Crippen LogP) is 6.21. The molecule has 1 aliphatic rings. The molecule has 0 amide bonds. The van der Waals surface area contributed by atoms with E-state index in [1.807, 2.05) is 0 Å². The van der Waals surface area contributed by atoms with E-state index in [-0.39, 0.29) is 5.92 Å². The first kappa shape index (κ1) is 20.5. The van der Waals surface area contributed by atoms with E-state index in [4.69, 9.17) is 5.73 Å². The number of likely N-dealkylation sites (tertiary alicyclic amines) is 1. The molecule has 0 aliphatic carbocycles. The van der Waals surface area contributed by atoms with Gasteiger partial charge in [0, 0.05) is 35.6 Å². The Morgan fingerprint density at radius 1 is 1.03 bits per heavy atom. The summed E-state index contributed by atoms with van der Waals surface area (Å²) in [7, 11) is 0. The number of nitrogens with one attached hydrogen (secondary N) is 1. The molecule has 1 fully saturated rings. The monoisotopic (exact) mass is 399 g/mol. The van der Waals surface area contributed by atoms with Gasteiger partial charge in [0.15, 0.2) is 0 Å². The van der Waals surface area contributed by atoms with Crippen LogP contribution in [0.2, 0.25) is 0 Å². The van der Waals surface area contributed by atoms with Gasteiger partial charge in [-0.2, -0.15) is 0 Å². The highest BCUT2D eigenvalue weighted by Gasteiger charge is 2.20. The maximum absolute atomic E-state index is 6.32. The van der Waals surface area contributed by atoms with E-state index in [0.29, 0.717) is 6.54 Å². The van der Waals surface area contributed by atoms with Gasteiger partial charge in [0.2, 0.25) is 0 Å². The Labute approximate surface area is 180 Å². The zero-order valence-corrected chi connectivity index (χ0v) is 18.0. The third kappa shape index (κ3) is 4.36. The lowest BCUT2D eigenvalue weighted by atomic mass is 9.90. The first-order valence-electron chi connectivity index (χ1n) is 11.3. The molecule has 3 N–H and O–H groups in total. The summed E-state index contributed by atoms with van der Waals surface area (Å²) in [4.78, 5) is 6.17. The lowest BCUT2D eigenvalue weighted by Gasteiger charge is -2.29. The van der Waals surface area contributed by atoms with E-state index < -0.39 is 0 Å². The van der Waals surface area contributed by atoms with Crippen molar-refractivity contribution in [3.8, 4) is 11.3 Å². The molecule has 3 aromatic rings. The molecule has 1 aliphatic heterocycles. The Kier molecular flexibility index (Phi) is 6.70. The van der Waals surface area contributed by atoms with E-state index in [0.717, 1.165) is 6.42 Å². The van der Waals surface area contributed by atoms with Gasteiger partial charge in [-0.3, -0.25) is 0 Å². The number of fused-ring (bicyclic) bond motifs is 1. The number of allylic oxidation sites excluding steroid dienone is 3. The zero-order valence-electron chi connectivity index (χ0n) is 18.0. The van der Waals surface area contributed by atoms with Crippen LogP contribution in [0.25, 0.3) is 22.2 Å². The van der Waals surface area contributed by atoms with Crippen LogP contribution in [-0.2, 0) is 0 Å². The maximum atomic E-state index is 6.32. The van der Waals surface area contributed by atoms with Gasteiger partial charge in [0.25, 0.3) is 0 Å². The van der Waals surface area contributed by atoms with Gasteiger partial charge in [0.1, 0.15) is 0 Å². The minimum absolute atomic E-state index is 0.270. The fourth-order valence-electron chi connectivity index (χ4n) is 4.64. The van der Waals surface area contributed by atoms with E-state index in [2.05, 4.69) is 89.6 Å². The van der Waals surface area contributed by atoms with Crippen LogP contribution in [0, 0.1) is 0 Å². The van der Waals surface area contributed by atoms with Crippen molar-refractivity contribution in [1.82, 2.24) is 9.88 Å². The van der Waals surface area contributed by atoms with Crippen molar-refractivity contribution in [3.05, 3.63) is 84.1 Å². The quantitative estimate of drug-likeness (QED) is 0.464. The molecule has 0 saturated carbocycles. The standard InChI is InChI=1S/C27H33N3/c1-2-23(30-18-9-4-10-19-30)15-11-14-22(20-28)26-24-16-7-8-17-25(24)29-27(26)21-12-5-3-6-13-21/h2-3,5-8,11-13,15-17,22,29H,4,9-10,14,18-20,28H2,1H3/b15-11-,23-2+. The fourth-order valence-corrected chi connectivity index (χ4v) is 4.64. The Morgan fingerprint density at radius 3 is 2.50 bits per heavy atom. The Morgan fingerprint density at radius 2 is 1.77 bits per heavy atom. The number of nitrogens with zero attached hydrogens (tertiary/aromatic N) is 1. The Balaban J connectivity index is 1.63. The summed E-state index contributed by atoms with van der Waals surface area (Å²) in [6.07, 6.45) is 11.7. The molecule has 30 heavy (non-hydrogen) atoms. The lowest BCUT2D eigenvalue weighted by molar-refractivity contribution is 0.292. The van der Waals surface area contributed by atoms with Crippen molar-refractivity contribution in [2.45, 2.75) is 38.5 Å². The summed E-state index contributed by atoms with van der Waals surface area (Å²) in [6, 6.07) is 19.2. The van der Waals surface area contributed by atoms with E-state index in [1.165, 1.54) is 65.8 Å². The van der Waals surface area contributed by atoms with Crippen LogP contribution in [0.1, 0.15) is 44.1 Å². The molecule has 3 nitrogen and oxygen atoms in total. The number of benzene rings is 2. The van der Waals surface area contributed by atoms with Crippen LogP contribution in [-0.4, -0.2) is 29.5 Å². The SMILES string of the molecule is C/C=C(\C=C/CC(CN)c1c(-c2ccccc2)[nH]c2ccccc12)N1CCCCC1. The van der Waals surface area contributed by atoms with Gasteiger partial charge in [-0.15, -0.1) is 0 Å².